The highest BCUT2D eigenvalue weighted by Crippen LogP contribution is 2.54. The highest BCUT2D eigenvalue weighted by atomic mass is 19.1. The molecule has 2 aliphatic rings. The summed E-state index contributed by atoms with van der Waals surface area (Å²) in [5.74, 6) is 0.142. The van der Waals surface area contributed by atoms with Crippen molar-refractivity contribution in [2.45, 2.75) is 32.6 Å². The third-order valence-electron chi connectivity index (χ3n) is 5.60. The van der Waals surface area contributed by atoms with Crippen LogP contribution in [0, 0.1) is 11.2 Å². The number of nitrogens with zero attached hydrogens (tertiary/aromatic N) is 4. The zero-order valence-electron chi connectivity index (χ0n) is 14.5. The topological polar surface area (TPSA) is 34.0 Å². The second-order valence-corrected chi connectivity index (χ2v) is 7.90. The quantitative estimate of drug-likeness (QED) is 0.716. The van der Waals surface area contributed by atoms with Gasteiger partial charge in [-0.15, -0.1) is 5.10 Å². The molecule has 1 aliphatic heterocycles. The van der Waals surface area contributed by atoms with Crippen LogP contribution in [-0.2, 0) is 0 Å². The molecule has 128 valence electrons. The second-order valence-electron chi connectivity index (χ2n) is 7.90. The van der Waals surface area contributed by atoms with Crippen LogP contribution < -0.4 is 4.90 Å². The lowest BCUT2D eigenvalue weighted by Crippen LogP contribution is -2.48. The van der Waals surface area contributed by atoms with Crippen molar-refractivity contribution in [3.05, 3.63) is 48.0 Å². The summed E-state index contributed by atoms with van der Waals surface area (Å²) >= 11 is 0. The molecule has 2 fully saturated rings. The van der Waals surface area contributed by atoms with Gasteiger partial charge >= 0.3 is 0 Å². The fraction of sp³-hybridized carbons (Fsp3) is 0.400. The summed E-state index contributed by atoms with van der Waals surface area (Å²) in [6.07, 6.45) is 6.40. The van der Waals surface area contributed by atoms with Crippen molar-refractivity contribution in [3.8, 4) is 5.69 Å². The zero-order valence-corrected chi connectivity index (χ0v) is 14.5. The smallest absolute Gasteiger partial charge is 0.181 e. The average molecular weight is 336 g/mol. The summed E-state index contributed by atoms with van der Waals surface area (Å²) in [5.41, 5.74) is 3.95. The lowest BCUT2D eigenvalue weighted by atomic mass is 9.96. The Bertz CT molecular complexity index is 963. The van der Waals surface area contributed by atoms with E-state index in [1.807, 2.05) is 24.5 Å². The van der Waals surface area contributed by atoms with Gasteiger partial charge in [0.2, 0.25) is 0 Å². The maximum atomic E-state index is 14.4. The third-order valence-corrected chi connectivity index (χ3v) is 5.60. The van der Waals surface area contributed by atoms with Gasteiger partial charge in [0.15, 0.2) is 5.65 Å². The lowest BCUT2D eigenvalue weighted by Gasteiger charge is -2.42. The molecule has 1 saturated heterocycles. The zero-order chi connectivity index (χ0) is 17.2. The Morgan fingerprint density at radius 1 is 1.16 bits per heavy atom. The van der Waals surface area contributed by atoms with Gasteiger partial charge in [0, 0.05) is 42.0 Å². The highest BCUT2D eigenvalue weighted by molar-refractivity contribution is 5.75. The van der Waals surface area contributed by atoms with Gasteiger partial charge in [-0.25, -0.2) is 14.1 Å². The summed E-state index contributed by atoms with van der Waals surface area (Å²) in [6.45, 7) is 6.46. The van der Waals surface area contributed by atoms with Gasteiger partial charge in [0.1, 0.15) is 11.5 Å². The monoisotopic (exact) mass is 336 g/mol. The molecular formula is C20H21FN4. The van der Waals surface area contributed by atoms with Crippen LogP contribution in [-0.4, -0.2) is 27.9 Å². The standard InChI is InChI=1S/C20H21FN4/c1-13(2)14-7-15-10-25(23-19(15)22-9-14)18-8-16(3-4-17(18)21)24-11-20(12-24)5-6-20/h3-4,7-10,13H,5-6,11-12H2,1-2H3. The number of pyridine rings is 1. The van der Waals surface area contributed by atoms with Crippen molar-refractivity contribution in [2.75, 3.05) is 18.0 Å². The van der Waals surface area contributed by atoms with Gasteiger partial charge in [-0.2, -0.15) is 0 Å². The average Bonchev–Trinajstić information content (AvgIpc) is 3.26. The summed E-state index contributed by atoms with van der Waals surface area (Å²) < 4.78 is 16.1. The molecule has 4 nitrogen and oxygen atoms in total. The third kappa shape index (κ3) is 2.41. The van der Waals surface area contributed by atoms with Crippen molar-refractivity contribution < 1.29 is 4.39 Å². The molecule has 5 rings (SSSR count). The van der Waals surface area contributed by atoms with Crippen LogP contribution in [0.4, 0.5) is 10.1 Å². The summed E-state index contributed by atoms with van der Waals surface area (Å²) in [4.78, 5) is 6.75. The number of benzene rings is 1. The van der Waals surface area contributed by atoms with E-state index in [1.165, 1.54) is 12.8 Å². The Balaban J connectivity index is 1.52. The van der Waals surface area contributed by atoms with E-state index < -0.39 is 0 Å². The molecule has 0 bridgehead atoms. The molecule has 0 N–H and O–H groups in total. The maximum Gasteiger partial charge on any atom is 0.181 e. The molecule has 0 radical (unpaired) electrons. The number of aromatic nitrogens is 3. The molecule has 2 aromatic heterocycles. The minimum Gasteiger partial charge on any atom is -0.370 e. The molecule has 1 aromatic carbocycles. The number of anilines is 1. The molecule has 1 spiro atoms. The molecule has 25 heavy (non-hydrogen) atoms. The van der Waals surface area contributed by atoms with Crippen LogP contribution in [0.3, 0.4) is 0 Å². The van der Waals surface area contributed by atoms with E-state index in [4.69, 9.17) is 0 Å². The van der Waals surface area contributed by atoms with E-state index in [2.05, 4.69) is 34.9 Å². The van der Waals surface area contributed by atoms with Crippen LogP contribution in [0.15, 0.2) is 36.7 Å². The molecule has 3 aromatic rings. The molecule has 0 amide bonds. The molecule has 3 heterocycles. The van der Waals surface area contributed by atoms with Crippen molar-refractivity contribution >= 4 is 16.7 Å². The van der Waals surface area contributed by atoms with E-state index in [0.717, 1.165) is 29.7 Å². The first-order valence-electron chi connectivity index (χ1n) is 8.93. The minimum absolute atomic E-state index is 0.262. The first kappa shape index (κ1) is 14.9. The van der Waals surface area contributed by atoms with E-state index in [9.17, 15) is 4.39 Å². The molecule has 1 aliphatic carbocycles. The fourth-order valence-corrected chi connectivity index (χ4v) is 3.68. The molecule has 0 atom stereocenters. The van der Waals surface area contributed by atoms with E-state index in [1.54, 1.807) is 10.7 Å². The lowest BCUT2D eigenvalue weighted by molar-refractivity contribution is 0.387. The molecule has 1 saturated carbocycles. The summed E-state index contributed by atoms with van der Waals surface area (Å²) in [5, 5.41) is 5.42. The Morgan fingerprint density at radius 3 is 2.68 bits per heavy atom. The number of fused-ring (bicyclic) bond motifs is 1. The van der Waals surface area contributed by atoms with Gasteiger partial charge in [-0.3, -0.25) is 0 Å². The summed E-state index contributed by atoms with van der Waals surface area (Å²) in [7, 11) is 0. The van der Waals surface area contributed by atoms with E-state index in [0.29, 0.717) is 22.7 Å². The maximum absolute atomic E-state index is 14.4. The first-order chi connectivity index (χ1) is 12.0. The van der Waals surface area contributed by atoms with Gasteiger partial charge in [0.25, 0.3) is 0 Å². The Labute approximate surface area is 146 Å². The van der Waals surface area contributed by atoms with Gasteiger partial charge in [-0.1, -0.05) is 13.8 Å². The van der Waals surface area contributed by atoms with Gasteiger partial charge in [-0.05, 0) is 48.6 Å². The van der Waals surface area contributed by atoms with Crippen LogP contribution in [0.1, 0.15) is 38.2 Å². The largest absolute Gasteiger partial charge is 0.370 e. The van der Waals surface area contributed by atoms with E-state index in [-0.39, 0.29) is 5.82 Å². The van der Waals surface area contributed by atoms with Crippen LogP contribution in [0.5, 0.6) is 0 Å². The number of rotatable bonds is 3. The fourth-order valence-electron chi connectivity index (χ4n) is 3.68. The predicted molar refractivity (Wildman–Crippen MR) is 96.8 cm³/mol. The van der Waals surface area contributed by atoms with Crippen LogP contribution in [0.25, 0.3) is 16.7 Å². The van der Waals surface area contributed by atoms with Crippen LogP contribution in [0.2, 0.25) is 0 Å². The molecule has 5 heteroatoms. The first-order valence-corrected chi connectivity index (χ1v) is 8.93. The van der Waals surface area contributed by atoms with E-state index >= 15 is 0 Å². The summed E-state index contributed by atoms with van der Waals surface area (Å²) in [6, 6.07) is 7.40. The number of halogens is 1. The second kappa shape index (κ2) is 5.04. The highest BCUT2D eigenvalue weighted by Gasteiger charge is 2.52. The Hall–Kier alpha value is -2.43. The van der Waals surface area contributed by atoms with Gasteiger partial charge < -0.3 is 4.90 Å². The molecular weight excluding hydrogens is 315 g/mol. The number of hydrogen-bond acceptors (Lipinski definition) is 3. The van der Waals surface area contributed by atoms with Gasteiger partial charge in [0.05, 0.1) is 0 Å². The van der Waals surface area contributed by atoms with Crippen molar-refractivity contribution in [1.29, 1.82) is 0 Å². The normalized spacial score (nSPS) is 18.2. The van der Waals surface area contributed by atoms with Crippen molar-refractivity contribution in [3.63, 3.8) is 0 Å². The van der Waals surface area contributed by atoms with Crippen molar-refractivity contribution in [1.82, 2.24) is 14.8 Å². The minimum atomic E-state index is -0.262. The predicted octanol–water partition coefficient (Wildman–Crippen LogP) is 4.28. The molecule has 0 unspecified atom stereocenters. The SMILES string of the molecule is CC(C)c1cnc2nn(-c3cc(N4CC5(CC5)C4)ccc3F)cc2c1. The van der Waals surface area contributed by atoms with Crippen LogP contribution >= 0.6 is 0 Å². The Morgan fingerprint density at radius 2 is 1.96 bits per heavy atom. The van der Waals surface area contributed by atoms with Crippen molar-refractivity contribution in [2.24, 2.45) is 5.41 Å². The Kier molecular flexibility index (Phi) is 3.00. The number of hydrogen-bond donors (Lipinski definition) is 0.